The van der Waals surface area contributed by atoms with Gasteiger partial charge in [0, 0.05) is 13.3 Å². The average molecular weight is 237 g/mol. The smallest absolute Gasteiger partial charge is 0.178 e. The minimum absolute atomic E-state index is 0.175. The lowest BCUT2D eigenvalue weighted by Crippen LogP contribution is -2.31. The molecule has 4 nitrogen and oxygen atoms in total. The van der Waals surface area contributed by atoms with Gasteiger partial charge in [-0.1, -0.05) is 0 Å². The van der Waals surface area contributed by atoms with E-state index in [2.05, 4.69) is 28.4 Å². The lowest BCUT2D eigenvalue weighted by atomic mass is 10.1. The lowest BCUT2D eigenvalue weighted by molar-refractivity contribution is 0.111. The van der Waals surface area contributed by atoms with Crippen molar-refractivity contribution < 1.29 is 4.74 Å². The molecule has 0 saturated heterocycles. The van der Waals surface area contributed by atoms with Crippen LogP contribution in [-0.2, 0) is 10.3 Å². The molecule has 2 rings (SSSR count). The quantitative estimate of drug-likeness (QED) is 0.834. The summed E-state index contributed by atoms with van der Waals surface area (Å²) in [7, 11) is 1.70. The molecule has 0 bridgehead atoms. The van der Waals surface area contributed by atoms with Crippen molar-refractivity contribution in [3.05, 3.63) is 23.2 Å². The van der Waals surface area contributed by atoms with Crippen molar-refractivity contribution in [2.45, 2.75) is 19.4 Å². The molecule has 0 radical (unpaired) electrons. The maximum atomic E-state index is 5.34. The summed E-state index contributed by atoms with van der Waals surface area (Å²) in [6.45, 7) is 4.80. The Kier molecular flexibility index (Phi) is 2.82. The number of methoxy groups -OCH3 is 1. The summed E-state index contributed by atoms with van der Waals surface area (Å²) in [6.07, 6.45) is 3.55. The van der Waals surface area contributed by atoms with E-state index in [0.29, 0.717) is 11.4 Å². The van der Waals surface area contributed by atoms with E-state index in [-0.39, 0.29) is 5.54 Å². The Bertz CT molecular complexity index is 556. The van der Waals surface area contributed by atoms with Gasteiger partial charge in [0.15, 0.2) is 4.77 Å². The van der Waals surface area contributed by atoms with Crippen molar-refractivity contribution in [2.75, 3.05) is 13.7 Å². The predicted octanol–water partition coefficient (Wildman–Crippen LogP) is 2.48. The molecule has 86 valence electrons. The summed E-state index contributed by atoms with van der Waals surface area (Å²) in [4.78, 5) is 7.22. The number of ether oxygens (including phenoxy) is 1. The number of hydrogen-bond donors (Lipinski definition) is 1. The molecule has 0 aliphatic carbocycles. The second kappa shape index (κ2) is 3.99. The van der Waals surface area contributed by atoms with E-state index in [1.165, 1.54) is 0 Å². The van der Waals surface area contributed by atoms with Gasteiger partial charge in [-0.15, -0.1) is 0 Å². The van der Waals surface area contributed by atoms with Crippen LogP contribution in [0.5, 0.6) is 0 Å². The largest absolute Gasteiger partial charge is 0.382 e. The SMILES string of the molecule is COCC(C)(C)n1c(=S)[nH]c2cnccc21. The summed E-state index contributed by atoms with van der Waals surface area (Å²) in [5, 5.41) is 0. The molecule has 0 atom stereocenters. The third kappa shape index (κ3) is 1.76. The summed E-state index contributed by atoms with van der Waals surface area (Å²) < 4.78 is 8.01. The average Bonchev–Trinajstić information content (AvgIpc) is 2.53. The predicted molar refractivity (Wildman–Crippen MR) is 66.1 cm³/mol. The third-order valence-corrected chi connectivity index (χ3v) is 2.87. The molecule has 0 aliphatic heterocycles. The highest BCUT2D eigenvalue weighted by atomic mass is 32.1. The van der Waals surface area contributed by atoms with E-state index in [4.69, 9.17) is 17.0 Å². The van der Waals surface area contributed by atoms with Gasteiger partial charge in [-0.25, -0.2) is 0 Å². The third-order valence-electron chi connectivity index (χ3n) is 2.59. The molecule has 0 amide bonds. The Labute approximate surface area is 99.3 Å². The zero-order valence-electron chi connectivity index (χ0n) is 9.65. The van der Waals surface area contributed by atoms with Crippen molar-refractivity contribution in [2.24, 2.45) is 0 Å². The van der Waals surface area contributed by atoms with Gasteiger partial charge in [-0.3, -0.25) is 4.98 Å². The van der Waals surface area contributed by atoms with Gasteiger partial charge < -0.3 is 14.3 Å². The zero-order valence-corrected chi connectivity index (χ0v) is 10.5. The number of aromatic nitrogens is 3. The van der Waals surface area contributed by atoms with Crippen LogP contribution in [0.25, 0.3) is 11.0 Å². The first-order valence-corrected chi connectivity index (χ1v) is 5.51. The first-order valence-electron chi connectivity index (χ1n) is 5.10. The first kappa shape index (κ1) is 11.3. The summed E-state index contributed by atoms with van der Waals surface area (Å²) in [5.74, 6) is 0. The zero-order chi connectivity index (χ0) is 11.8. The van der Waals surface area contributed by atoms with Gasteiger partial charge in [0.2, 0.25) is 0 Å². The van der Waals surface area contributed by atoms with Crippen LogP contribution in [0.2, 0.25) is 0 Å². The number of aromatic amines is 1. The van der Waals surface area contributed by atoms with Gasteiger partial charge in [0.05, 0.1) is 29.4 Å². The normalized spacial score (nSPS) is 12.2. The Morgan fingerprint density at radius 1 is 1.56 bits per heavy atom. The number of hydrogen-bond acceptors (Lipinski definition) is 3. The van der Waals surface area contributed by atoms with Gasteiger partial charge in [0.25, 0.3) is 0 Å². The van der Waals surface area contributed by atoms with Crippen molar-refractivity contribution in [3.63, 3.8) is 0 Å². The van der Waals surface area contributed by atoms with Crippen LogP contribution in [0, 0.1) is 4.77 Å². The van der Waals surface area contributed by atoms with Crippen molar-refractivity contribution >= 4 is 23.3 Å². The highest BCUT2D eigenvalue weighted by Gasteiger charge is 2.23. The van der Waals surface area contributed by atoms with Crippen LogP contribution < -0.4 is 0 Å². The number of pyridine rings is 1. The van der Waals surface area contributed by atoms with Crippen molar-refractivity contribution in [3.8, 4) is 0 Å². The molecule has 0 saturated carbocycles. The van der Waals surface area contributed by atoms with E-state index in [0.717, 1.165) is 11.0 Å². The number of imidazole rings is 1. The molecule has 2 aromatic rings. The molecule has 2 aromatic heterocycles. The molecule has 16 heavy (non-hydrogen) atoms. The monoisotopic (exact) mass is 237 g/mol. The van der Waals surface area contributed by atoms with Crippen LogP contribution >= 0.6 is 12.2 Å². The fraction of sp³-hybridized carbons (Fsp3) is 0.455. The lowest BCUT2D eigenvalue weighted by Gasteiger charge is -2.26. The fourth-order valence-electron chi connectivity index (χ4n) is 1.98. The van der Waals surface area contributed by atoms with E-state index < -0.39 is 0 Å². The molecular formula is C11H15N3OS. The Hall–Kier alpha value is -1.20. The highest BCUT2D eigenvalue weighted by molar-refractivity contribution is 7.71. The molecule has 0 unspecified atom stereocenters. The molecule has 1 N–H and O–H groups in total. The Balaban J connectivity index is 2.68. The molecule has 0 spiro atoms. The fourth-order valence-corrected chi connectivity index (χ4v) is 2.43. The number of H-pyrrole nitrogens is 1. The number of fused-ring (bicyclic) bond motifs is 1. The Morgan fingerprint density at radius 2 is 2.31 bits per heavy atom. The van der Waals surface area contributed by atoms with E-state index in [1.807, 2.05) is 6.07 Å². The van der Waals surface area contributed by atoms with Gasteiger partial charge in [-0.05, 0) is 32.1 Å². The van der Waals surface area contributed by atoms with Crippen molar-refractivity contribution in [1.29, 1.82) is 0 Å². The second-order valence-electron chi connectivity index (χ2n) is 4.40. The van der Waals surface area contributed by atoms with E-state index >= 15 is 0 Å². The second-order valence-corrected chi connectivity index (χ2v) is 4.79. The minimum Gasteiger partial charge on any atom is -0.382 e. The van der Waals surface area contributed by atoms with Gasteiger partial charge in [-0.2, -0.15) is 0 Å². The number of rotatable bonds is 3. The van der Waals surface area contributed by atoms with E-state index in [9.17, 15) is 0 Å². The van der Waals surface area contributed by atoms with Gasteiger partial charge in [0.1, 0.15) is 0 Å². The van der Waals surface area contributed by atoms with Crippen LogP contribution in [0.3, 0.4) is 0 Å². The van der Waals surface area contributed by atoms with Gasteiger partial charge >= 0.3 is 0 Å². The van der Waals surface area contributed by atoms with Crippen LogP contribution in [0.15, 0.2) is 18.5 Å². The van der Waals surface area contributed by atoms with E-state index in [1.54, 1.807) is 19.5 Å². The van der Waals surface area contributed by atoms with Crippen LogP contribution in [-0.4, -0.2) is 28.3 Å². The summed E-state index contributed by atoms with van der Waals surface area (Å²) in [5.41, 5.74) is 1.84. The number of nitrogens with zero attached hydrogens (tertiary/aromatic N) is 2. The maximum Gasteiger partial charge on any atom is 0.178 e. The Morgan fingerprint density at radius 3 is 3.00 bits per heavy atom. The topological polar surface area (TPSA) is 42.8 Å². The maximum absolute atomic E-state index is 5.34. The van der Waals surface area contributed by atoms with Crippen molar-refractivity contribution in [1.82, 2.24) is 14.5 Å². The molecule has 0 aliphatic rings. The first-order chi connectivity index (χ1) is 7.56. The van der Waals surface area contributed by atoms with Crippen LogP contribution in [0.4, 0.5) is 0 Å². The summed E-state index contributed by atoms with van der Waals surface area (Å²) >= 11 is 5.34. The molecule has 0 fully saturated rings. The number of nitrogens with one attached hydrogen (secondary N) is 1. The highest BCUT2D eigenvalue weighted by Crippen LogP contribution is 2.23. The molecule has 0 aromatic carbocycles. The standard InChI is InChI=1S/C11H15N3OS/c1-11(2,7-15-3)14-9-4-5-12-6-8(9)13-10(14)16/h4-6H,7H2,1-3H3,(H,13,16). The molecule has 2 heterocycles. The molecular weight excluding hydrogens is 222 g/mol. The van der Waals surface area contributed by atoms with Crippen LogP contribution in [0.1, 0.15) is 13.8 Å². The summed E-state index contributed by atoms with van der Waals surface area (Å²) in [6, 6.07) is 1.96. The molecule has 5 heteroatoms. The minimum atomic E-state index is -0.175.